The molecular weight excluding hydrogens is 244 g/mol. The third-order valence-electron chi connectivity index (χ3n) is 2.40. The van der Waals surface area contributed by atoms with E-state index in [-0.39, 0.29) is 11.9 Å². The zero-order valence-electron chi connectivity index (χ0n) is 11.3. The van der Waals surface area contributed by atoms with Crippen molar-refractivity contribution in [3.63, 3.8) is 0 Å². The quantitative estimate of drug-likeness (QED) is 0.745. The van der Waals surface area contributed by atoms with Crippen molar-refractivity contribution in [2.75, 3.05) is 23.9 Å². The molecule has 1 aromatic rings. The molecule has 4 heteroatoms. The van der Waals surface area contributed by atoms with Gasteiger partial charge >= 0.3 is 0 Å². The molecule has 1 amide bonds. The summed E-state index contributed by atoms with van der Waals surface area (Å²) in [5.41, 5.74) is 1.71. The lowest BCUT2D eigenvalue weighted by Crippen LogP contribution is -2.30. The van der Waals surface area contributed by atoms with Gasteiger partial charge in [-0.25, -0.2) is 0 Å². The van der Waals surface area contributed by atoms with Crippen LogP contribution in [0.1, 0.15) is 30.6 Å². The Morgan fingerprint density at radius 2 is 2.17 bits per heavy atom. The zero-order chi connectivity index (χ0) is 13.4. The van der Waals surface area contributed by atoms with Crippen LogP contribution in [0.5, 0.6) is 0 Å². The molecule has 0 aliphatic rings. The Labute approximate surface area is 114 Å². The lowest BCUT2D eigenvalue weighted by molar-refractivity contribution is 0.0943. The molecule has 3 nitrogen and oxygen atoms in total. The molecule has 0 saturated heterocycles. The van der Waals surface area contributed by atoms with Crippen LogP contribution in [0, 0.1) is 0 Å². The van der Waals surface area contributed by atoms with E-state index in [9.17, 15) is 4.79 Å². The van der Waals surface area contributed by atoms with E-state index in [2.05, 4.69) is 16.9 Å². The van der Waals surface area contributed by atoms with Crippen LogP contribution >= 0.6 is 11.8 Å². The van der Waals surface area contributed by atoms with Crippen LogP contribution in [0.2, 0.25) is 0 Å². The van der Waals surface area contributed by atoms with Crippen LogP contribution in [-0.2, 0) is 0 Å². The first-order chi connectivity index (χ1) is 8.63. The molecule has 0 heterocycles. The summed E-state index contributed by atoms with van der Waals surface area (Å²) < 4.78 is 0. The number of anilines is 1. The highest BCUT2D eigenvalue weighted by Gasteiger charge is 2.06. The maximum atomic E-state index is 11.8. The van der Waals surface area contributed by atoms with Gasteiger partial charge in [0.05, 0.1) is 0 Å². The second kappa shape index (κ2) is 8.03. The van der Waals surface area contributed by atoms with Crippen LogP contribution in [0.3, 0.4) is 0 Å². The van der Waals surface area contributed by atoms with E-state index < -0.39 is 0 Å². The van der Waals surface area contributed by atoms with Gasteiger partial charge in [0.2, 0.25) is 0 Å². The summed E-state index contributed by atoms with van der Waals surface area (Å²) in [5, 5.41) is 6.23. The zero-order valence-corrected chi connectivity index (χ0v) is 12.1. The molecule has 18 heavy (non-hydrogen) atoms. The Kier molecular flexibility index (Phi) is 6.65. The molecule has 1 aromatic carbocycles. The van der Waals surface area contributed by atoms with Gasteiger partial charge in [0.15, 0.2) is 0 Å². The number of carbonyl (C=O) groups excluding carboxylic acids is 1. The van der Waals surface area contributed by atoms with Gasteiger partial charge in [-0.1, -0.05) is 6.07 Å². The average Bonchev–Trinajstić information content (AvgIpc) is 2.34. The molecule has 0 saturated carbocycles. The Bertz CT molecular complexity index is 380. The highest BCUT2D eigenvalue weighted by atomic mass is 32.2. The Hall–Kier alpha value is -1.16. The number of rotatable bonds is 7. The highest BCUT2D eigenvalue weighted by Crippen LogP contribution is 2.11. The third-order valence-corrected chi connectivity index (χ3v) is 3.10. The van der Waals surface area contributed by atoms with E-state index in [1.165, 1.54) is 0 Å². The summed E-state index contributed by atoms with van der Waals surface area (Å²) >= 11 is 1.85. The van der Waals surface area contributed by atoms with Crippen molar-refractivity contribution in [2.45, 2.75) is 26.3 Å². The SMILES string of the molecule is CSCCCNc1cccc(C(=O)NC(C)C)c1. The van der Waals surface area contributed by atoms with E-state index in [1.54, 1.807) is 0 Å². The van der Waals surface area contributed by atoms with Crippen molar-refractivity contribution in [1.82, 2.24) is 5.32 Å². The van der Waals surface area contributed by atoms with Crippen molar-refractivity contribution in [3.05, 3.63) is 29.8 Å². The molecule has 1 rings (SSSR count). The van der Waals surface area contributed by atoms with Crippen molar-refractivity contribution in [3.8, 4) is 0 Å². The fraction of sp³-hybridized carbons (Fsp3) is 0.500. The number of nitrogens with one attached hydrogen (secondary N) is 2. The summed E-state index contributed by atoms with van der Waals surface area (Å²) in [6.07, 6.45) is 3.24. The second-order valence-corrected chi connectivity index (χ2v) is 5.47. The molecule has 0 unspecified atom stereocenters. The lowest BCUT2D eigenvalue weighted by Gasteiger charge is -2.10. The van der Waals surface area contributed by atoms with Gasteiger partial charge in [0, 0.05) is 23.8 Å². The van der Waals surface area contributed by atoms with Crippen LogP contribution in [0.4, 0.5) is 5.69 Å². The smallest absolute Gasteiger partial charge is 0.251 e. The van der Waals surface area contributed by atoms with Gasteiger partial charge in [0.1, 0.15) is 0 Å². The maximum absolute atomic E-state index is 11.8. The molecule has 0 atom stereocenters. The number of hydrogen-bond acceptors (Lipinski definition) is 3. The Morgan fingerprint density at radius 1 is 1.39 bits per heavy atom. The molecule has 0 aliphatic carbocycles. The Morgan fingerprint density at radius 3 is 2.83 bits per heavy atom. The predicted molar refractivity (Wildman–Crippen MR) is 80.5 cm³/mol. The van der Waals surface area contributed by atoms with Gasteiger partial charge in [0.25, 0.3) is 5.91 Å². The fourth-order valence-electron chi connectivity index (χ4n) is 1.57. The van der Waals surface area contributed by atoms with E-state index in [0.717, 1.165) is 24.4 Å². The molecule has 0 aromatic heterocycles. The summed E-state index contributed by atoms with van der Waals surface area (Å²) in [4.78, 5) is 11.8. The van der Waals surface area contributed by atoms with Crippen molar-refractivity contribution in [2.24, 2.45) is 0 Å². The van der Waals surface area contributed by atoms with Gasteiger partial charge in [-0.2, -0.15) is 11.8 Å². The topological polar surface area (TPSA) is 41.1 Å². The minimum Gasteiger partial charge on any atom is -0.385 e. The van der Waals surface area contributed by atoms with E-state index in [1.807, 2.05) is 49.9 Å². The summed E-state index contributed by atoms with van der Waals surface area (Å²) in [6, 6.07) is 7.80. The lowest BCUT2D eigenvalue weighted by atomic mass is 10.1. The third kappa shape index (κ3) is 5.45. The van der Waals surface area contributed by atoms with Gasteiger partial charge in [-0.3, -0.25) is 4.79 Å². The molecule has 0 bridgehead atoms. The number of amides is 1. The van der Waals surface area contributed by atoms with Crippen LogP contribution < -0.4 is 10.6 Å². The van der Waals surface area contributed by atoms with E-state index in [0.29, 0.717) is 5.56 Å². The fourth-order valence-corrected chi connectivity index (χ4v) is 2.00. The van der Waals surface area contributed by atoms with Crippen molar-refractivity contribution >= 4 is 23.4 Å². The monoisotopic (exact) mass is 266 g/mol. The largest absolute Gasteiger partial charge is 0.385 e. The maximum Gasteiger partial charge on any atom is 0.251 e. The normalized spacial score (nSPS) is 10.4. The molecule has 100 valence electrons. The first-order valence-corrected chi connectivity index (χ1v) is 7.66. The van der Waals surface area contributed by atoms with Gasteiger partial charge in [-0.15, -0.1) is 0 Å². The molecule has 0 aliphatic heterocycles. The molecule has 2 N–H and O–H groups in total. The van der Waals surface area contributed by atoms with Crippen molar-refractivity contribution in [1.29, 1.82) is 0 Å². The number of thioether (sulfide) groups is 1. The molecule has 0 fully saturated rings. The van der Waals surface area contributed by atoms with E-state index >= 15 is 0 Å². The first-order valence-electron chi connectivity index (χ1n) is 6.27. The number of hydrogen-bond donors (Lipinski definition) is 2. The van der Waals surface area contributed by atoms with E-state index in [4.69, 9.17) is 0 Å². The predicted octanol–water partition coefficient (Wildman–Crippen LogP) is 2.99. The minimum absolute atomic E-state index is 0.0160. The minimum atomic E-state index is -0.0160. The summed E-state index contributed by atoms with van der Waals surface area (Å²) in [7, 11) is 0. The molecule has 0 radical (unpaired) electrons. The highest BCUT2D eigenvalue weighted by molar-refractivity contribution is 7.98. The Balaban J connectivity index is 2.53. The van der Waals surface area contributed by atoms with Crippen LogP contribution in [0.25, 0.3) is 0 Å². The molecular formula is C14H22N2OS. The average molecular weight is 266 g/mol. The summed E-state index contributed by atoms with van der Waals surface area (Å²) in [5.74, 6) is 1.14. The van der Waals surface area contributed by atoms with Crippen LogP contribution in [-0.4, -0.2) is 30.5 Å². The van der Waals surface area contributed by atoms with Crippen LogP contribution in [0.15, 0.2) is 24.3 Å². The number of carbonyl (C=O) groups is 1. The number of benzene rings is 1. The standard InChI is InChI=1S/C14H22N2OS/c1-11(2)16-14(17)12-6-4-7-13(10-12)15-8-5-9-18-3/h4,6-7,10-11,15H,5,8-9H2,1-3H3,(H,16,17). The van der Waals surface area contributed by atoms with Crippen molar-refractivity contribution < 1.29 is 4.79 Å². The van der Waals surface area contributed by atoms with Gasteiger partial charge in [-0.05, 0) is 50.5 Å². The molecule has 0 spiro atoms. The summed E-state index contributed by atoms with van der Waals surface area (Å²) in [6.45, 7) is 4.86. The first kappa shape index (κ1) is 14.9. The van der Waals surface area contributed by atoms with Gasteiger partial charge < -0.3 is 10.6 Å². The second-order valence-electron chi connectivity index (χ2n) is 4.48.